The molecule has 0 spiro atoms. The first-order valence-electron chi connectivity index (χ1n) is 5.34. The lowest BCUT2D eigenvalue weighted by atomic mass is 10.2. The molecule has 0 unspecified atom stereocenters. The fourth-order valence-electron chi connectivity index (χ4n) is 1.63. The predicted octanol–water partition coefficient (Wildman–Crippen LogP) is 0.802. The maximum atomic E-state index is 2.22. The average Bonchev–Trinajstić information content (AvgIpc) is 2.32. The fourth-order valence-corrected chi connectivity index (χ4v) is 2.99. The Morgan fingerprint density at radius 3 is 1.38 bits per heavy atom. The molecule has 0 saturated heterocycles. The third-order valence-electron chi connectivity index (χ3n) is 2.45. The average molecular weight is 295 g/mol. The van der Waals surface area contributed by atoms with Crippen molar-refractivity contribution in [3.05, 3.63) is 71.8 Å². The van der Waals surface area contributed by atoms with Gasteiger partial charge in [-0.2, -0.15) is 0 Å². The standard InChI is InChI=1S/C14H15P.BrH/c1-3-7-13(8-4-1)11-15-12-14-9-5-2-6-10-14;/h1-10,15H,11-12H2;1H. The largest absolute Gasteiger partial charge is 1.00 e. The van der Waals surface area contributed by atoms with Gasteiger partial charge in [0.05, 0.1) is 12.3 Å². The summed E-state index contributed by atoms with van der Waals surface area (Å²) < 4.78 is 0. The lowest BCUT2D eigenvalue weighted by Crippen LogP contribution is -3.00. The zero-order valence-corrected chi connectivity index (χ0v) is 11.9. The van der Waals surface area contributed by atoms with E-state index in [1.54, 1.807) is 0 Å². The summed E-state index contributed by atoms with van der Waals surface area (Å²) in [6.45, 7) is 0. The van der Waals surface area contributed by atoms with E-state index in [-0.39, 0.29) is 17.0 Å². The molecular formula is C14H16BrP. The molecule has 0 amide bonds. The van der Waals surface area contributed by atoms with Crippen LogP contribution in [0.15, 0.2) is 60.7 Å². The maximum Gasteiger partial charge on any atom is 0.0800 e. The molecule has 0 fully saturated rings. The van der Waals surface area contributed by atoms with Crippen LogP contribution in [0.5, 0.6) is 0 Å². The Bertz CT molecular complexity index is 346. The third-order valence-corrected chi connectivity index (χ3v) is 3.97. The van der Waals surface area contributed by atoms with Gasteiger partial charge in [0, 0.05) is 0 Å². The van der Waals surface area contributed by atoms with Crippen molar-refractivity contribution >= 4 is 8.58 Å². The van der Waals surface area contributed by atoms with Crippen molar-refractivity contribution in [2.75, 3.05) is 0 Å². The van der Waals surface area contributed by atoms with Crippen LogP contribution in [0.3, 0.4) is 0 Å². The minimum absolute atomic E-state index is 0. The molecule has 0 bridgehead atoms. The Labute approximate surface area is 110 Å². The van der Waals surface area contributed by atoms with Gasteiger partial charge < -0.3 is 17.0 Å². The first kappa shape index (κ1) is 13.4. The number of benzene rings is 2. The topological polar surface area (TPSA) is 0 Å². The minimum Gasteiger partial charge on any atom is -1.00 e. The van der Waals surface area contributed by atoms with E-state index >= 15 is 0 Å². The van der Waals surface area contributed by atoms with E-state index in [1.165, 1.54) is 23.5 Å². The normalized spacial score (nSPS) is 9.50. The van der Waals surface area contributed by atoms with Gasteiger partial charge in [0.15, 0.2) is 0 Å². The van der Waals surface area contributed by atoms with Crippen LogP contribution in [-0.2, 0) is 12.3 Å². The highest BCUT2D eigenvalue weighted by molar-refractivity contribution is 7.36. The highest BCUT2D eigenvalue weighted by Gasteiger charge is 1.98. The van der Waals surface area contributed by atoms with E-state index in [1.807, 2.05) is 0 Å². The molecule has 0 aliphatic carbocycles. The van der Waals surface area contributed by atoms with Crippen molar-refractivity contribution in [3.63, 3.8) is 0 Å². The van der Waals surface area contributed by atoms with Crippen LogP contribution in [0.2, 0.25) is 0 Å². The number of rotatable bonds is 4. The molecule has 2 aromatic carbocycles. The van der Waals surface area contributed by atoms with Gasteiger partial charge in [0.1, 0.15) is 0 Å². The highest BCUT2D eigenvalue weighted by atomic mass is 79.9. The summed E-state index contributed by atoms with van der Waals surface area (Å²) >= 11 is 0. The van der Waals surface area contributed by atoms with Crippen LogP contribution >= 0.6 is 8.58 Å². The first-order chi connectivity index (χ1) is 7.45. The molecule has 16 heavy (non-hydrogen) atoms. The van der Waals surface area contributed by atoms with Gasteiger partial charge in [-0.15, -0.1) is 0 Å². The SMILES string of the molecule is [Br-].c1ccc(C[PH2+]Cc2ccccc2)cc1. The van der Waals surface area contributed by atoms with E-state index < -0.39 is 0 Å². The molecule has 0 saturated carbocycles. The Morgan fingerprint density at radius 2 is 1.00 bits per heavy atom. The zero-order chi connectivity index (χ0) is 10.3. The quantitative estimate of drug-likeness (QED) is 0.732. The van der Waals surface area contributed by atoms with Crippen LogP contribution in [0, 0.1) is 0 Å². The zero-order valence-electron chi connectivity index (χ0n) is 9.14. The lowest BCUT2D eigenvalue weighted by Gasteiger charge is -1.97. The second-order valence-electron chi connectivity index (χ2n) is 3.67. The van der Waals surface area contributed by atoms with Crippen molar-refractivity contribution in [1.29, 1.82) is 0 Å². The summed E-state index contributed by atoms with van der Waals surface area (Å²) in [6.07, 6.45) is 2.52. The maximum absolute atomic E-state index is 2.22. The Balaban J connectivity index is 0.00000128. The molecule has 2 aromatic rings. The number of halogens is 1. The van der Waals surface area contributed by atoms with Gasteiger partial charge in [-0.05, 0) is 19.7 Å². The van der Waals surface area contributed by atoms with Crippen molar-refractivity contribution in [3.8, 4) is 0 Å². The van der Waals surface area contributed by atoms with Crippen LogP contribution in [0.1, 0.15) is 11.1 Å². The van der Waals surface area contributed by atoms with Gasteiger partial charge in [-0.1, -0.05) is 60.7 Å². The van der Waals surface area contributed by atoms with Gasteiger partial charge in [-0.25, -0.2) is 0 Å². The molecule has 0 radical (unpaired) electrons. The van der Waals surface area contributed by atoms with E-state index in [0.29, 0.717) is 8.58 Å². The second-order valence-corrected chi connectivity index (χ2v) is 5.06. The molecule has 0 nitrogen and oxygen atoms in total. The number of hydrogen-bond donors (Lipinski definition) is 0. The molecule has 2 heteroatoms. The summed E-state index contributed by atoms with van der Waals surface area (Å²) in [5, 5.41) is 0. The highest BCUT2D eigenvalue weighted by Crippen LogP contribution is 2.23. The van der Waals surface area contributed by atoms with Crippen molar-refractivity contribution in [2.24, 2.45) is 0 Å². The third kappa shape index (κ3) is 4.47. The molecule has 0 aromatic heterocycles. The molecular weight excluding hydrogens is 279 g/mol. The van der Waals surface area contributed by atoms with Crippen LogP contribution < -0.4 is 17.0 Å². The Kier molecular flexibility index (Phi) is 6.37. The molecule has 0 heterocycles. The summed E-state index contributed by atoms with van der Waals surface area (Å²) in [5.41, 5.74) is 2.95. The van der Waals surface area contributed by atoms with Crippen molar-refractivity contribution < 1.29 is 17.0 Å². The Hall–Kier alpha value is -0.650. The molecule has 0 atom stereocenters. The second kappa shape index (κ2) is 7.60. The molecule has 0 aliphatic heterocycles. The van der Waals surface area contributed by atoms with Crippen LogP contribution in [-0.4, -0.2) is 0 Å². The smallest absolute Gasteiger partial charge is 0.0800 e. The van der Waals surface area contributed by atoms with Gasteiger partial charge in [-0.3, -0.25) is 0 Å². The Morgan fingerprint density at radius 1 is 0.625 bits per heavy atom. The molecule has 0 aliphatic rings. The fraction of sp³-hybridized carbons (Fsp3) is 0.143. The van der Waals surface area contributed by atoms with Crippen molar-refractivity contribution in [1.82, 2.24) is 0 Å². The summed E-state index contributed by atoms with van der Waals surface area (Å²) in [5.74, 6) is 0. The predicted molar refractivity (Wildman–Crippen MR) is 70.0 cm³/mol. The summed E-state index contributed by atoms with van der Waals surface area (Å²) in [4.78, 5) is 0. The van der Waals surface area contributed by atoms with E-state index in [0.717, 1.165) is 0 Å². The molecule has 2 rings (SSSR count). The molecule has 84 valence electrons. The summed E-state index contributed by atoms with van der Waals surface area (Å²) in [6, 6.07) is 21.5. The van der Waals surface area contributed by atoms with Crippen LogP contribution in [0.25, 0.3) is 0 Å². The number of hydrogen-bond acceptors (Lipinski definition) is 0. The van der Waals surface area contributed by atoms with Crippen molar-refractivity contribution in [2.45, 2.75) is 12.3 Å². The van der Waals surface area contributed by atoms with Gasteiger partial charge in [0.2, 0.25) is 0 Å². The first-order valence-corrected chi connectivity index (χ1v) is 6.98. The lowest BCUT2D eigenvalue weighted by molar-refractivity contribution is -0.00000301. The van der Waals surface area contributed by atoms with Gasteiger partial charge in [0.25, 0.3) is 0 Å². The van der Waals surface area contributed by atoms with E-state index in [2.05, 4.69) is 60.7 Å². The molecule has 0 N–H and O–H groups in total. The minimum atomic E-state index is 0. The van der Waals surface area contributed by atoms with E-state index in [9.17, 15) is 0 Å². The van der Waals surface area contributed by atoms with Gasteiger partial charge >= 0.3 is 0 Å². The monoisotopic (exact) mass is 294 g/mol. The van der Waals surface area contributed by atoms with Crippen LogP contribution in [0.4, 0.5) is 0 Å². The van der Waals surface area contributed by atoms with E-state index in [4.69, 9.17) is 0 Å². The summed E-state index contributed by atoms with van der Waals surface area (Å²) in [7, 11) is 0.501.